The van der Waals surface area contributed by atoms with E-state index in [0.717, 1.165) is 0 Å². The van der Waals surface area contributed by atoms with Crippen LogP contribution in [0.4, 0.5) is 11.9 Å². The second kappa shape index (κ2) is 10.7. The third-order valence-electron chi connectivity index (χ3n) is 7.13. The lowest BCUT2D eigenvalue weighted by molar-refractivity contribution is -0.244. The van der Waals surface area contributed by atoms with Crippen molar-refractivity contribution < 1.29 is 56.7 Å². The average molecular weight is 656 g/mol. The number of aliphatic hydroxyl groups is 2. The van der Waals surface area contributed by atoms with Crippen LogP contribution < -0.4 is 21.3 Å². The summed E-state index contributed by atoms with van der Waals surface area (Å²) in [6.07, 6.45) is -7.56. The Morgan fingerprint density at radius 1 is 0.750 bits per heavy atom. The van der Waals surface area contributed by atoms with Crippen LogP contribution in [0.5, 0.6) is 0 Å². The monoisotopic (exact) mass is 656 g/mol. The van der Waals surface area contributed by atoms with Gasteiger partial charge in [-0.1, -0.05) is 0 Å². The van der Waals surface area contributed by atoms with E-state index in [-0.39, 0.29) is 34.2 Å². The van der Waals surface area contributed by atoms with Gasteiger partial charge in [-0.05, 0) is 0 Å². The fourth-order valence-corrected chi connectivity index (χ4v) is 7.07. The maximum atomic E-state index is 12.9. The molecule has 3 aliphatic rings. The lowest BCUT2D eigenvalue weighted by atomic mass is 10.1. The largest absolute Gasteiger partial charge is 0.756 e. The summed E-state index contributed by atoms with van der Waals surface area (Å²) in [5.74, 6) is -0.230. The summed E-state index contributed by atoms with van der Waals surface area (Å²) in [4.78, 5) is 49.8. The van der Waals surface area contributed by atoms with Crippen LogP contribution in [0.2, 0.25) is 0 Å². The molecule has 0 amide bonds. The van der Waals surface area contributed by atoms with Crippen molar-refractivity contribution in [3.63, 3.8) is 0 Å². The second-order valence-electron chi connectivity index (χ2n) is 9.92. The van der Waals surface area contributed by atoms with Crippen LogP contribution in [-0.2, 0) is 36.7 Å². The highest BCUT2D eigenvalue weighted by molar-refractivity contribution is 7.46. The van der Waals surface area contributed by atoms with Crippen molar-refractivity contribution in [3.8, 4) is 0 Å². The van der Waals surface area contributed by atoms with E-state index in [0.29, 0.717) is 0 Å². The van der Waals surface area contributed by atoms with Crippen LogP contribution in [0.15, 0.2) is 25.0 Å². The minimum Gasteiger partial charge on any atom is -0.756 e. The number of nitrogens with zero attached hydrogens (tertiary/aromatic N) is 8. The van der Waals surface area contributed by atoms with Gasteiger partial charge in [0.05, 0.1) is 38.3 Å². The summed E-state index contributed by atoms with van der Waals surface area (Å²) in [5, 5.41) is 22.1. The number of aromatic nitrogens is 8. The molecule has 10 atom stereocenters. The Morgan fingerprint density at radius 2 is 1.16 bits per heavy atom. The van der Waals surface area contributed by atoms with Crippen LogP contribution in [0, 0.1) is 0 Å². The summed E-state index contributed by atoms with van der Waals surface area (Å²) >= 11 is 0. The van der Waals surface area contributed by atoms with E-state index in [1.165, 1.54) is 34.2 Å². The van der Waals surface area contributed by atoms with Gasteiger partial charge >= 0.3 is 0 Å². The fraction of sp³-hybridized carbons (Fsp3) is 0.500. The molecule has 0 aromatic carbocycles. The number of hydrogen-bond donors (Lipinski definition) is 4. The van der Waals surface area contributed by atoms with Gasteiger partial charge < -0.3 is 59.0 Å². The fourth-order valence-electron chi connectivity index (χ4n) is 5.17. The van der Waals surface area contributed by atoms with Crippen molar-refractivity contribution in [2.75, 3.05) is 24.7 Å². The number of ether oxygens (including phenoxy) is 2. The quantitative estimate of drug-likeness (QED) is 0.157. The van der Waals surface area contributed by atoms with Crippen molar-refractivity contribution in [2.45, 2.75) is 49.1 Å². The van der Waals surface area contributed by atoms with Gasteiger partial charge in [0.15, 0.2) is 23.8 Å². The van der Waals surface area contributed by atoms with Crippen LogP contribution >= 0.6 is 15.6 Å². The smallest absolute Gasteiger partial charge is 0.268 e. The van der Waals surface area contributed by atoms with Gasteiger partial charge in [0.25, 0.3) is 15.6 Å². The Balaban J connectivity index is 1.16. The molecule has 0 radical (unpaired) electrons. The highest BCUT2D eigenvalue weighted by Crippen LogP contribution is 2.50. The van der Waals surface area contributed by atoms with Crippen LogP contribution in [0.3, 0.4) is 0 Å². The molecule has 6 N–H and O–H groups in total. The Hall–Kier alpha value is -3.24. The van der Waals surface area contributed by atoms with Gasteiger partial charge in [-0.15, -0.1) is 0 Å². The van der Waals surface area contributed by atoms with E-state index in [1.54, 1.807) is 0 Å². The van der Waals surface area contributed by atoms with Crippen molar-refractivity contribution >= 4 is 49.9 Å². The Kier molecular flexibility index (Phi) is 7.16. The van der Waals surface area contributed by atoms with Gasteiger partial charge in [-0.3, -0.25) is 18.3 Å². The summed E-state index contributed by atoms with van der Waals surface area (Å²) in [5.41, 5.74) is 12.1. The Morgan fingerprint density at radius 3 is 1.57 bits per heavy atom. The molecule has 7 heterocycles. The topological polar surface area (TPSA) is 315 Å². The Bertz CT molecular complexity index is 1690. The van der Waals surface area contributed by atoms with Crippen molar-refractivity contribution in [1.82, 2.24) is 39.0 Å². The number of fused-ring (bicyclic) bond motifs is 4. The highest BCUT2D eigenvalue weighted by atomic mass is 31.2. The van der Waals surface area contributed by atoms with Crippen molar-refractivity contribution in [2.24, 2.45) is 0 Å². The number of rotatable bonds is 2. The molecule has 0 saturated carbocycles. The predicted octanol–water partition coefficient (Wildman–Crippen LogP) is -2.90. The van der Waals surface area contributed by atoms with E-state index in [2.05, 4.69) is 29.9 Å². The van der Waals surface area contributed by atoms with Gasteiger partial charge in [0.1, 0.15) is 47.7 Å². The molecular weight excluding hydrogens is 634 g/mol. The highest BCUT2D eigenvalue weighted by Gasteiger charge is 2.51. The lowest BCUT2D eigenvalue weighted by Gasteiger charge is -2.34. The summed E-state index contributed by atoms with van der Waals surface area (Å²) in [7, 11) is -10.5. The number of anilines is 2. The molecule has 0 spiro atoms. The van der Waals surface area contributed by atoms with Crippen LogP contribution in [0.25, 0.3) is 22.3 Å². The summed E-state index contributed by atoms with van der Waals surface area (Å²) in [6.45, 7) is -1.74. The van der Waals surface area contributed by atoms with E-state index in [9.17, 15) is 29.1 Å². The molecule has 3 saturated heterocycles. The number of aliphatic hydroxyl groups excluding tert-OH is 2. The van der Waals surface area contributed by atoms with E-state index in [1.807, 2.05) is 0 Å². The molecule has 236 valence electrons. The number of imidazole rings is 2. The molecule has 2 unspecified atom stereocenters. The standard InChI is InChI=1S/C20H24N10O12P2/c21-19-23-1-7-15(27-19)29(5-25-7)17-11(31)13-9(39-17)3-37-44(35,36)42-14-10(4-38-43(33,34)41-13)40-18(12(14)32)30-6-26-8-2-24-20(22)28-16(8)30/h1-2,5-6,9-14,17-18,31-32H,3-4H2,(H,33,34)(H,35,36)(H2,21,23,27)(H2,22,24,28)/p-2/t9-,10+,11-,12-,13-,14-,17-,18-/m1/s1. The van der Waals surface area contributed by atoms with Crippen LogP contribution in [0.1, 0.15) is 12.5 Å². The summed E-state index contributed by atoms with van der Waals surface area (Å²) < 4.78 is 60.2. The molecule has 0 aliphatic carbocycles. The molecule has 4 aromatic heterocycles. The zero-order chi connectivity index (χ0) is 31.0. The minimum atomic E-state index is -5.27. The molecular formula is C20H22N10O12P2-2. The molecule has 3 aliphatic heterocycles. The first-order valence-corrected chi connectivity index (χ1v) is 15.7. The first kappa shape index (κ1) is 29.5. The number of phosphoric acid groups is 2. The van der Waals surface area contributed by atoms with Crippen molar-refractivity contribution in [3.05, 3.63) is 25.0 Å². The van der Waals surface area contributed by atoms with Gasteiger partial charge in [-0.2, -0.15) is 9.97 Å². The van der Waals surface area contributed by atoms with Gasteiger partial charge in [-0.25, -0.2) is 19.9 Å². The van der Waals surface area contributed by atoms with Crippen LogP contribution in [-0.4, -0.2) is 99.1 Å². The van der Waals surface area contributed by atoms with Crippen molar-refractivity contribution in [1.29, 1.82) is 0 Å². The molecule has 4 aromatic rings. The number of nitrogens with two attached hydrogens (primary N) is 2. The number of phosphoric ester groups is 2. The molecule has 44 heavy (non-hydrogen) atoms. The average Bonchev–Trinajstić information content (AvgIpc) is 3.71. The SMILES string of the molecule is Nc1ncc2ncn([C@@H]3O[C@H]4COP(=O)([O-])O[C@H]5[C@@H](O)[C@H](n6cnc7cnc(N)nc76)O[C@@H]5COP(=O)([O-])O[C@H]4[C@H]3O)c2n1. The third kappa shape index (κ3) is 5.23. The lowest BCUT2D eigenvalue weighted by Crippen LogP contribution is -2.41. The molecule has 22 nitrogen and oxygen atoms in total. The summed E-state index contributed by atoms with van der Waals surface area (Å²) in [6, 6.07) is 0. The maximum absolute atomic E-state index is 12.9. The van der Waals surface area contributed by atoms with Gasteiger partial charge in [0, 0.05) is 0 Å². The Labute approximate surface area is 244 Å². The first-order valence-electron chi connectivity index (χ1n) is 12.7. The third-order valence-corrected chi connectivity index (χ3v) is 9.07. The normalized spacial score (nSPS) is 38.3. The molecule has 7 rings (SSSR count). The minimum absolute atomic E-state index is 0.115. The van der Waals surface area contributed by atoms with E-state index >= 15 is 0 Å². The first-order chi connectivity index (χ1) is 20.9. The van der Waals surface area contributed by atoms with E-state index < -0.39 is 77.9 Å². The zero-order valence-corrected chi connectivity index (χ0v) is 23.7. The van der Waals surface area contributed by atoms with E-state index in [4.69, 9.17) is 39.0 Å². The number of nitrogen functional groups attached to an aromatic ring is 2. The molecule has 3 fully saturated rings. The van der Waals surface area contributed by atoms with Gasteiger partial charge in [0.2, 0.25) is 11.9 Å². The molecule has 0 bridgehead atoms. The number of hydrogen-bond acceptors (Lipinski definition) is 20. The second-order valence-corrected chi connectivity index (χ2v) is 12.6. The predicted molar refractivity (Wildman–Crippen MR) is 136 cm³/mol. The molecule has 24 heteroatoms. The zero-order valence-electron chi connectivity index (χ0n) is 21.9. The maximum Gasteiger partial charge on any atom is 0.268 e.